The van der Waals surface area contributed by atoms with E-state index in [0.717, 1.165) is 40.1 Å². The highest BCUT2D eigenvalue weighted by atomic mass is 35.5. The number of piperazine rings is 1. The van der Waals surface area contributed by atoms with Gasteiger partial charge in [-0.25, -0.2) is 9.78 Å². The van der Waals surface area contributed by atoms with Gasteiger partial charge in [0.05, 0.1) is 30.0 Å². The van der Waals surface area contributed by atoms with Gasteiger partial charge < -0.3 is 19.3 Å². The van der Waals surface area contributed by atoms with E-state index in [1.54, 1.807) is 17.4 Å². The second-order valence-electron chi connectivity index (χ2n) is 12.6. The van der Waals surface area contributed by atoms with Crippen LogP contribution in [0.4, 0.5) is 4.79 Å². The van der Waals surface area contributed by atoms with Crippen LogP contribution >= 0.6 is 11.6 Å². The van der Waals surface area contributed by atoms with Gasteiger partial charge in [-0.2, -0.15) is 0 Å². The number of halogens is 1. The van der Waals surface area contributed by atoms with Gasteiger partial charge in [0.2, 0.25) is 0 Å². The number of aromatic nitrogens is 3. The molecule has 1 amide bonds. The highest BCUT2D eigenvalue weighted by Gasteiger charge is 2.39. The topological polar surface area (TPSA) is 83.7 Å². The monoisotopic (exact) mass is 575 g/mol. The van der Waals surface area contributed by atoms with Crippen molar-refractivity contribution in [3.05, 3.63) is 81.7 Å². The number of aliphatic hydroxyl groups is 1. The fourth-order valence-corrected chi connectivity index (χ4v) is 6.24. The average Bonchev–Trinajstić information content (AvgIpc) is 3.54. The Kier molecular flexibility index (Phi) is 7.20. The molecule has 2 fully saturated rings. The summed E-state index contributed by atoms with van der Waals surface area (Å²) in [5.74, 6) is 1.10. The quantitative estimate of drug-likeness (QED) is 0.422. The molecule has 1 aromatic carbocycles. The van der Waals surface area contributed by atoms with Crippen molar-refractivity contribution in [2.45, 2.75) is 57.8 Å². The van der Waals surface area contributed by atoms with Crippen LogP contribution in [0.25, 0.3) is 11.6 Å². The number of pyridine rings is 1. The number of aliphatic hydroxyl groups excluding tert-OH is 1. The summed E-state index contributed by atoms with van der Waals surface area (Å²) in [4.78, 5) is 26.6. The maximum atomic E-state index is 12.8. The number of imidazole rings is 1. The number of benzene rings is 1. The van der Waals surface area contributed by atoms with Crippen molar-refractivity contribution < 1.29 is 14.6 Å². The normalized spacial score (nSPS) is 23.2. The minimum atomic E-state index is -0.904. The Bertz CT molecular complexity index is 1500. The van der Waals surface area contributed by atoms with E-state index in [1.165, 1.54) is 0 Å². The SMILES string of the molecule is CC1C[C@@H]1c1ccc2c(n1)C(N1CCN(C(=O)OC(C)(C)C)CC1)c1ccc(Cl)cc1C(C(O)c1cncn1C)=C2. The molecule has 6 rings (SSSR count). The lowest BCUT2D eigenvalue weighted by Crippen LogP contribution is -2.51. The first-order valence-electron chi connectivity index (χ1n) is 14.4. The molecule has 216 valence electrons. The van der Waals surface area contributed by atoms with Gasteiger partial charge in [0, 0.05) is 49.9 Å². The molecule has 3 heterocycles. The van der Waals surface area contributed by atoms with Gasteiger partial charge in [-0.3, -0.25) is 9.88 Å². The first-order valence-corrected chi connectivity index (χ1v) is 14.8. The van der Waals surface area contributed by atoms with Gasteiger partial charge in [0.15, 0.2) is 0 Å². The third kappa shape index (κ3) is 5.53. The number of fused-ring (bicyclic) bond motifs is 2. The first kappa shape index (κ1) is 27.9. The third-order valence-electron chi connectivity index (χ3n) is 8.42. The third-order valence-corrected chi connectivity index (χ3v) is 8.65. The van der Waals surface area contributed by atoms with Crippen molar-refractivity contribution in [2.24, 2.45) is 13.0 Å². The molecular formula is C32H38ClN5O3. The van der Waals surface area contributed by atoms with E-state index in [-0.39, 0.29) is 12.1 Å². The summed E-state index contributed by atoms with van der Waals surface area (Å²) in [5.41, 5.74) is 5.93. The highest BCUT2D eigenvalue weighted by Crippen LogP contribution is 2.48. The molecule has 1 aliphatic heterocycles. The lowest BCUT2D eigenvalue weighted by Gasteiger charge is -2.40. The van der Waals surface area contributed by atoms with E-state index in [0.29, 0.717) is 48.7 Å². The number of nitrogens with zero attached hydrogens (tertiary/aromatic N) is 5. The Morgan fingerprint density at radius 2 is 1.88 bits per heavy atom. The van der Waals surface area contributed by atoms with Crippen molar-refractivity contribution in [1.29, 1.82) is 0 Å². The molecule has 1 saturated heterocycles. The van der Waals surface area contributed by atoms with E-state index in [1.807, 2.05) is 44.5 Å². The van der Waals surface area contributed by atoms with E-state index in [9.17, 15) is 9.90 Å². The van der Waals surface area contributed by atoms with Gasteiger partial charge in [0.1, 0.15) is 11.7 Å². The molecule has 41 heavy (non-hydrogen) atoms. The van der Waals surface area contributed by atoms with Crippen molar-refractivity contribution in [3.8, 4) is 0 Å². The minimum absolute atomic E-state index is 0.167. The van der Waals surface area contributed by atoms with Crippen LogP contribution in [0.5, 0.6) is 0 Å². The number of carbonyl (C=O) groups is 1. The molecule has 9 heteroatoms. The molecular weight excluding hydrogens is 538 g/mol. The van der Waals surface area contributed by atoms with Crippen molar-refractivity contribution in [3.63, 3.8) is 0 Å². The second kappa shape index (κ2) is 10.6. The fourth-order valence-electron chi connectivity index (χ4n) is 6.07. The van der Waals surface area contributed by atoms with Crippen LogP contribution < -0.4 is 0 Å². The van der Waals surface area contributed by atoms with Gasteiger partial charge in [0.25, 0.3) is 0 Å². The second-order valence-corrected chi connectivity index (χ2v) is 13.0. The molecule has 0 bridgehead atoms. The van der Waals surface area contributed by atoms with Gasteiger partial charge in [-0.15, -0.1) is 0 Å². The number of carbonyl (C=O) groups excluding carboxylic acids is 1. The number of amides is 1. The van der Waals surface area contributed by atoms with E-state index < -0.39 is 11.7 Å². The summed E-state index contributed by atoms with van der Waals surface area (Å²) in [6.07, 6.45) is 5.42. The zero-order chi connectivity index (χ0) is 29.1. The first-order chi connectivity index (χ1) is 19.5. The van der Waals surface area contributed by atoms with Gasteiger partial charge in [-0.1, -0.05) is 30.7 Å². The van der Waals surface area contributed by atoms with Crippen molar-refractivity contribution in [1.82, 2.24) is 24.3 Å². The highest BCUT2D eigenvalue weighted by molar-refractivity contribution is 6.30. The molecule has 1 N–H and O–H groups in total. The zero-order valence-electron chi connectivity index (χ0n) is 24.3. The molecule has 8 nitrogen and oxygen atoms in total. The van der Waals surface area contributed by atoms with Crippen molar-refractivity contribution in [2.75, 3.05) is 26.2 Å². The smallest absolute Gasteiger partial charge is 0.410 e. The molecule has 3 aromatic rings. The Hall–Kier alpha value is -3.20. The maximum Gasteiger partial charge on any atom is 0.410 e. The zero-order valence-corrected chi connectivity index (χ0v) is 25.1. The Morgan fingerprint density at radius 1 is 1.15 bits per heavy atom. The van der Waals surface area contributed by atoms with Crippen LogP contribution in [0.15, 0.2) is 42.9 Å². The number of ether oxygens (including phenoxy) is 1. The number of hydrogen-bond donors (Lipinski definition) is 1. The molecule has 2 aliphatic carbocycles. The van der Waals surface area contributed by atoms with Crippen LogP contribution in [0.1, 0.15) is 86.0 Å². The lowest BCUT2D eigenvalue weighted by atomic mass is 9.91. The Balaban J connectivity index is 1.43. The van der Waals surface area contributed by atoms with Gasteiger partial charge in [-0.05, 0) is 79.6 Å². The predicted molar refractivity (Wildman–Crippen MR) is 159 cm³/mol. The summed E-state index contributed by atoms with van der Waals surface area (Å²) in [7, 11) is 1.88. The molecule has 2 aromatic heterocycles. The van der Waals surface area contributed by atoms with E-state index in [2.05, 4.69) is 41.1 Å². The number of rotatable bonds is 4. The number of hydrogen-bond acceptors (Lipinski definition) is 6. The van der Waals surface area contributed by atoms with E-state index in [4.69, 9.17) is 21.3 Å². The molecule has 3 aliphatic rings. The summed E-state index contributed by atoms with van der Waals surface area (Å²) < 4.78 is 7.48. The fraction of sp³-hybridized carbons (Fsp3) is 0.469. The largest absolute Gasteiger partial charge is 0.444 e. The molecule has 0 radical (unpaired) electrons. The van der Waals surface area contributed by atoms with Crippen molar-refractivity contribution >= 4 is 29.3 Å². The number of aryl methyl sites for hydroxylation is 1. The van der Waals surface area contributed by atoms with Crippen LogP contribution in [-0.2, 0) is 11.8 Å². The lowest BCUT2D eigenvalue weighted by molar-refractivity contribution is 0.0118. The Morgan fingerprint density at radius 3 is 2.51 bits per heavy atom. The van der Waals surface area contributed by atoms with Gasteiger partial charge >= 0.3 is 6.09 Å². The minimum Gasteiger partial charge on any atom is -0.444 e. The molecule has 3 unspecified atom stereocenters. The Labute approximate surface area is 246 Å². The summed E-state index contributed by atoms with van der Waals surface area (Å²) >= 11 is 6.58. The molecule has 1 saturated carbocycles. The maximum absolute atomic E-state index is 12.8. The van der Waals surface area contributed by atoms with Crippen LogP contribution in [-0.4, -0.2) is 67.3 Å². The predicted octanol–water partition coefficient (Wildman–Crippen LogP) is 5.82. The van der Waals surface area contributed by atoms with E-state index >= 15 is 0 Å². The molecule has 4 atom stereocenters. The summed E-state index contributed by atoms with van der Waals surface area (Å²) in [6.45, 7) is 10.4. The summed E-state index contributed by atoms with van der Waals surface area (Å²) in [6, 6.07) is 10.0. The van der Waals surface area contributed by atoms with Crippen LogP contribution in [0.3, 0.4) is 0 Å². The van der Waals surface area contributed by atoms with Crippen LogP contribution in [0, 0.1) is 5.92 Å². The molecule has 0 spiro atoms. The van der Waals surface area contributed by atoms with Crippen LogP contribution in [0.2, 0.25) is 5.02 Å². The standard InChI is InChI=1S/C32H38ClN5O3/c1-19-14-23(19)26-9-6-20-15-25(30(39)27-17-34-18-36(27)5)24-16-21(33)7-8-22(24)29(28(20)35-26)37-10-12-38(13-11-37)31(40)41-32(2,3)4/h6-9,15-19,23,29-30,39H,10-14H2,1-5H3/t19?,23-,29?,30?/m0/s1. The average molecular weight is 576 g/mol. The summed E-state index contributed by atoms with van der Waals surface area (Å²) in [5, 5.41) is 12.3.